The van der Waals surface area contributed by atoms with E-state index in [0.717, 1.165) is 12.8 Å². The van der Waals surface area contributed by atoms with Crippen LogP contribution >= 0.6 is 0 Å². The highest BCUT2D eigenvalue weighted by atomic mass is 16.5. The van der Waals surface area contributed by atoms with Gasteiger partial charge in [-0.3, -0.25) is 4.79 Å². The van der Waals surface area contributed by atoms with E-state index in [1.54, 1.807) is 0 Å². The van der Waals surface area contributed by atoms with E-state index in [-0.39, 0.29) is 17.6 Å². The highest BCUT2D eigenvalue weighted by Crippen LogP contribution is 2.08. The van der Waals surface area contributed by atoms with Crippen LogP contribution in [-0.4, -0.2) is 31.1 Å². The summed E-state index contributed by atoms with van der Waals surface area (Å²) in [5.74, 6) is 0.217. The average Bonchev–Trinajstić information content (AvgIpc) is 2.34. The van der Waals surface area contributed by atoms with Gasteiger partial charge < -0.3 is 15.8 Å². The molecule has 0 bridgehead atoms. The number of unbranched alkanes of at least 4 members (excludes halogenated alkanes) is 1. The molecule has 0 aliphatic heterocycles. The molecule has 0 saturated carbocycles. The molecular formula is C14H28N2O3. The summed E-state index contributed by atoms with van der Waals surface area (Å²) in [5.41, 5.74) is 5.44. The predicted molar refractivity (Wildman–Crippen MR) is 75.9 cm³/mol. The SMILES string of the molecule is CC(C)COC(=O)NC(CCCCN)C(=O)C(C)C. The fourth-order valence-electron chi connectivity index (χ4n) is 1.61. The molecule has 0 saturated heterocycles. The second kappa shape index (κ2) is 9.78. The molecule has 0 radical (unpaired) electrons. The number of carbonyl (C=O) groups excluding carboxylic acids is 2. The average molecular weight is 272 g/mol. The van der Waals surface area contributed by atoms with Crippen molar-refractivity contribution >= 4 is 11.9 Å². The maximum Gasteiger partial charge on any atom is 0.407 e. The van der Waals surface area contributed by atoms with E-state index in [1.165, 1.54) is 0 Å². The highest BCUT2D eigenvalue weighted by Gasteiger charge is 2.23. The Morgan fingerprint density at radius 2 is 1.79 bits per heavy atom. The Morgan fingerprint density at radius 3 is 2.26 bits per heavy atom. The van der Waals surface area contributed by atoms with Crippen LogP contribution < -0.4 is 11.1 Å². The Balaban J connectivity index is 4.31. The molecule has 0 aliphatic rings. The molecule has 19 heavy (non-hydrogen) atoms. The monoisotopic (exact) mass is 272 g/mol. The smallest absolute Gasteiger partial charge is 0.407 e. The summed E-state index contributed by atoms with van der Waals surface area (Å²) >= 11 is 0. The molecule has 0 heterocycles. The summed E-state index contributed by atoms with van der Waals surface area (Å²) in [4.78, 5) is 23.6. The summed E-state index contributed by atoms with van der Waals surface area (Å²) in [5, 5.41) is 2.66. The fourth-order valence-corrected chi connectivity index (χ4v) is 1.61. The first-order chi connectivity index (χ1) is 8.88. The van der Waals surface area contributed by atoms with Crippen LogP contribution in [0.25, 0.3) is 0 Å². The van der Waals surface area contributed by atoms with E-state index >= 15 is 0 Å². The second-order valence-electron chi connectivity index (χ2n) is 5.53. The molecule has 3 N–H and O–H groups in total. The summed E-state index contributed by atoms with van der Waals surface area (Å²) in [6.07, 6.45) is 1.78. The number of Topliss-reactive ketones (excluding diaryl/α,β-unsaturated/α-hetero) is 1. The minimum atomic E-state index is -0.513. The first-order valence-electron chi connectivity index (χ1n) is 7.05. The second-order valence-corrected chi connectivity index (χ2v) is 5.53. The van der Waals surface area contributed by atoms with Crippen LogP contribution in [0.1, 0.15) is 47.0 Å². The summed E-state index contributed by atoms with van der Waals surface area (Å²) < 4.78 is 5.04. The maximum absolute atomic E-state index is 12.0. The van der Waals surface area contributed by atoms with Gasteiger partial charge in [-0.1, -0.05) is 27.7 Å². The number of alkyl carbamates (subject to hydrolysis) is 1. The lowest BCUT2D eigenvalue weighted by atomic mass is 9.97. The first kappa shape index (κ1) is 17.9. The third-order valence-electron chi connectivity index (χ3n) is 2.70. The molecular weight excluding hydrogens is 244 g/mol. The van der Waals surface area contributed by atoms with Crippen LogP contribution in [-0.2, 0) is 9.53 Å². The first-order valence-corrected chi connectivity index (χ1v) is 7.05. The third kappa shape index (κ3) is 8.59. The van der Waals surface area contributed by atoms with Crippen molar-refractivity contribution < 1.29 is 14.3 Å². The van der Waals surface area contributed by atoms with E-state index in [1.807, 2.05) is 27.7 Å². The Labute approximate surface area is 116 Å². The number of rotatable bonds is 9. The molecule has 5 nitrogen and oxygen atoms in total. The Kier molecular flexibility index (Phi) is 9.21. The normalized spacial score (nSPS) is 12.6. The van der Waals surface area contributed by atoms with Gasteiger partial charge in [0.15, 0.2) is 5.78 Å². The van der Waals surface area contributed by atoms with Crippen molar-refractivity contribution in [1.82, 2.24) is 5.32 Å². The molecule has 112 valence electrons. The Hall–Kier alpha value is -1.10. The molecule has 0 aromatic rings. The lowest BCUT2D eigenvalue weighted by molar-refractivity contribution is -0.124. The van der Waals surface area contributed by atoms with Gasteiger partial charge in [0.2, 0.25) is 0 Å². The molecule has 0 aliphatic carbocycles. The van der Waals surface area contributed by atoms with Crippen LogP contribution in [0.3, 0.4) is 0 Å². The van der Waals surface area contributed by atoms with Gasteiger partial charge in [0, 0.05) is 5.92 Å². The van der Waals surface area contributed by atoms with E-state index in [2.05, 4.69) is 5.32 Å². The number of carbonyl (C=O) groups is 2. The molecule has 0 aromatic heterocycles. The minimum absolute atomic E-state index is 0.0403. The standard InChI is InChI=1S/C14H28N2O3/c1-10(2)9-19-14(18)16-12(7-5-6-8-15)13(17)11(3)4/h10-12H,5-9,15H2,1-4H3,(H,16,18). The van der Waals surface area contributed by atoms with Crippen LogP contribution in [0.2, 0.25) is 0 Å². The Morgan fingerprint density at radius 1 is 1.16 bits per heavy atom. The summed E-state index contributed by atoms with van der Waals surface area (Å²) in [6, 6.07) is -0.466. The molecule has 1 amide bonds. The molecule has 5 heteroatoms. The van der Waals surface area contributed by atoms with Gasteiger partial charge in [-0.2, -0.15) is 0 Å². The van der Waals surface area contributed by atoms with Crippen molar-refractivity contribution in [3.05, 3.63) is 0 Å². The van der Waals surface area contributed by atoms with Crippen LogP contribution in [0.5, 0.6) is 0 Å². The lowest BCUT2D eigenvalue weighted by Crippen LogP contribution is -2.43. The molecule has 0 spiro atoms. The largest absolute Gasteiger partial charge is 0.449 e. The van der Waals surface area contributed by atoms with Gasteiger partial charge in [-0.15, -0.1) is 0 Å². The number of ketones is 1. The van der Waals surface area contributed by atoms with Crippen LogP contribution in [0.15, 0.2) is 0 Å². The topological polar surface area (TPSA) is 81.4 Å². The van der Waals surface area contributed by atoms with Crippen molar-refractivity contribution in [2.45, 2.75) is 53.0 Å². The number of ether oxygens (including phenoxy) is 1. The summed E-state index contributed by atoms with van der Waals surface area (Å²) in [6.45, 7) is 8.55. The maximum atomic E-state index is 12.0. The van der Waals surface area contributed by atoms with Crippen LogP contribution in [0, 0.1) is 11.8 Å². The predicted octanol–water partition coefficient (Wildman–Crippen LogP) is 2.09. The zero-order valence-corrected chi connectivity index (χ0v) is 12.6. The molecule has 1 unspecified atom stereocenters. The van der Waals surface area contributed by atoms with Gasteiger partial charge >= 0.3 is 6.09 Å². The number of nitrogens with one attached hydrogen (secondary N) is 1. The highest BCUT2D eigenvalue weighted by molar-refractivity contribution is 5.88. The van der Waals surface area contributed by atoms with Gasteiger partial charge in [-0.25, -0.2) is 4.79 Å². The number of amides is 1. The molecule has 0 fully saturated rings. The van der Waals surface area contributed by atoms with Crippen molar-refractivity contribution in [3.8, 4) is 0 Å². The van der Waals surface area contributed by atoms with Gasteiger partial charge in [0.1, 0.15) is 0 Å². The zero-order chi connectivity index (χ0) is 14.8. The Bertz CT molecular complexity index is 278. The third-order valence-corrected chi connectivity index (χ3v) is 2.70. The molecule has 1 atom stereocenters. The van der Waals surface area contributed by atoms with Crippen molar-refractivity contribution in [2.24, 2.45) is 17.6 Å². The quantitative estimate of drug-likeness (QED) is 0.630. The van der Waals surface area contributed by atoms with E-state index in [0.29, 0.717) is 19.6 Å². The zero-order valence-electron chi connectivity index (χ0n) is 12.6. The fraction of sp³-hybridized carbons (Fsp3) is 0.857. The number of nitrogens with two attached hydrogens (primary N) is 1. The summed E-state index contributed by atoms with van der Waals surface area (Å²) in [7, 11) is 0. The lowest BCUT2D eigenvalue weighted by Gasteiger charge is -2.19. The van der Waals surface area contributed by atoms with Crippen molar-refractivity contribution in [2.75, 3.05) is 13.2 Å². The van der Waals surface area contributed by atoms with E-state index in [9.17, 15) is 9.59 Å². The molecule has 0 rings (SSSR count). The number of hydrogen-bond donors (Lipinski definition) is 2. The van der Waals surface area contributed by atoms with Crippen molar-refractivity contribution in [3.63, 3.8) is 0 Å². The minimum Gasteiger partial charge on any atom is -0.449 e. The van der Waals surface area contributed by atoms with Gasteiger partial charge in [-0.05, 0) is 31.7 Å². The number of hydrogen-bond acceptors (Lipinski definition) is 4. The van der Waals surface area contributed by atoms with Crippen molar-refractivity contribution in [1.29, 1.82) is 0 Å². The van der Waals surface area contributed by atoms with E-state index in [4.69, 9.17) is 10.5 Å². The van der Waals surface area contributed by atoms with Gasteiger partial charge in [0.05, 0.1) is 12.6 Å². The molecule has 0 aromatic carbocycles. The van der Waals surface area contributed by atoms with E-state index < -0.39 is 12.1 Å². The van der Waals surface area contributed by atoms with Crippen LogP contribution in [0.4, 0.5) is 4.79 Å². The van der Waals surface area contributed by atoms with Gasteiger partial charge in [0.25, 0.3) is 0 Å².